The van der Waals surface area contributed by atoms with Crippen LogP contribution in [0, 0.1) is 5.92 Å². The summed E-state index contributed by atoms with van der Waals surface area (Å²) >= 11 is 0. The first-order chi connectivity index (χ1) is 8.01. The maximum atomic E-state index is 10.8. The van der Waals surface area contributed by atoms with Crippen molar-refractivity contribution in [3.05, 3.63) is 0 Å². The van der Waals surface area contributed by atoms with Gasteiger partial charge in [-0.15, -0.1) is 0 Å². The van der Waals surface area contributed by atoms with Gasteiger partial charge in [-0.1, -0.05) is 0 Å². The normalized spacial score (nSPS) is 37.8. The van der Waals surface area contributed by atoms with E-state index in [2.05, 4.69) is 5.32 Å². The van der Waals surface area contributed by atoms with E-state index in [0.29, 0.717) is 0 Å². The van der Waals surface area contributed by atoms with Crippen molar-refractivity contribution in [2.45, 2.75) is 31.5 Å². The average molecular weight is 249 g/mol. The van der Waals surface area contributed by atoms with Crippen LogP contribution in [0.3, 0.4) is 0 Å². The summed E-state index contributed by atoms with van der Waals surface area (Å²) in [7, 11) is 1.39. The number of carbonyl (C=O) groups excluding carboxylic acids is 1. The third kappa shape index (κ3) is 3.36. The van der Waals surface area contributed by atoms with Crippen LogP contribution in [0.15, 0.2) is 0 Å². The Morgan fingerprint density at radius 2 is 2.06 bits per heavy atom. The highest BCUT2D eigenvalue weighted by Gasteiger charge is 2.44. The fourth-order valence-corrected chi connectivity index (χ4v) is 1.85. The lowest BCUT2D eigenvalue weighted by molar-refractivity contribution is -0.277. The Kier molecular flexibility index (Phi) is 5.29. The second-order valence-corrected chi connectivity index (χ2v) is 4.04. The Hall–Kier alpha value is -0.730. The van der Waals surface area contributed by atoms with Crippen LogP contribution in [0.5, 0.6) is 0 Å². The van der Waals surface area contributed by atoms with E-state index in [1.165, 1.54) is 14.0 Å². The lowest BCUT2D eigenvalue weighted by Gasteiger charge is -2.41. The zero-order chi connectivity index (χ0) is 13.0. The van der Waals surface area contributed by atoms with Gasteiger partial charge in [-0.25, -0.2) is 0 Å². The molecule has 100 valence electrons. The molecule has 0 aromatic carbocycles. The first kappa shape index (κ1) is 14.3. The zero-order valence-corrected chi connectivity index (χ0v) is 9.87. The molecule has 0 saturated carbocycles. The molecule has 1 rings (SSSR count). The van der Waals surface area contributed by atoms with Gasteiger partial charge in [-0.3, -0.25) is 4.79 Å². The molecule has 4 N–H and O–H groups in total. The van der Waals surface area contributed by atoms with E-state index in [1.54, 1.807) is 0 Å². The predicted octanol–water partition coefficient (Wildman–Crippen LogP) is -2.18. The van der Waals surface area contributed by atoms with Crippen LogP contribution < -0.4 is 5.32 Å². The van der Waals surface area contributed by atoms with Crippen LogP contribution in [0.1, 0.15) is 6.92 Å². The molecule has 1 aliphatic heterocycles. The summed E-state index contributed by atoms with van der Waals surface area (Å²) in [5, 5.41) is 31.1. The van der Waals surface area contributed by atoms with Gasteiger partial charge in [-0.05, 0) is 0 Å². The molecule has 0 spiro atoms. The van der Waals surface area contributed by atoms with E-state index in [4.69, 9.17) is 14.6 Å². The molecule has 1 aliphatic rings. The lowest BCUT2D eigenvalue weighted by atomic mass is 9.91. The Morgan fingerprint density at radius 3 is 2.53 bits per heavy atom. The van der Waals surface area contributed by atoms with Crippen LogP contribution in [0.4, 0.5) is 0 Å². The SMILES string of the molecule is CO[C@@H]1OC(CO)[C@@H](O)C(O)C1CNC(C)=O. The van der Waals surface area contributed by atoms with Gasteiger partial charge in [0.25, 0.3) is 0 Å². The van der Waals surface area contributed by atoms with Crippen molar-refractivity contribution in [1.29, 1.82) is 0 Å². The van der Waals surface area contributed by atoms with Gasteiger partial charge in [0.1, 0.15) is 12.2 Å². The van der Waals surface area contributed by atoms with Crippen molar-refractivity contribution in [2.75, 3.05) is 20.3 Å². The zero-order valence-electron chi connectivity index (χ0n) is 9.87. The molecule has 1 heterocycles. The Labute approximate surface area is 99.3 Å². The molecule has 1 fully saturated rings. The molecular weight excluding hydrogens is 230 g/mol. The monoisotopic (exact) mass is 249 g/mol. The summed E-state index contributed by atoms with van der Waals surface area (Å²) < 4.78 is 10.3. The van der Waals surface area contributed by atoms with Crippen molar-refractivity contribution < 1.29 is 29.6 Å². The van der Waals surface area contributed by atoms with E-state index >= 15 is 0 Å². The van der Waals surface area contributed by atoms with E-state index in [1.807, 2.05) is 0 Å². The number of nitrogens with one attached hydrogen (secondary N) is 1. The van der Waals surface area contributed by atoms with Gasteiger partial charge >= 0.3 is 0 Å². The molecule has 5 atom stereocenters. The molecule has 1 amide bonds. The van der Waals surface area contributed by atoms with Crippen molar-refractivity contribution in [3.8, 4) is 0 Å². The van der Waals surface area contributed by atoms with Gasteiger partial charge < -0.3 is 30.1 Å². The molecule has 0 aliphatic carbocycles. The molecule has 3 unspecified atom stereocenters. The van der Waals surface area contributed by atoms with Crippen LogP contribution >= 0.6 is 0 Å². The predicted molar refractivity (Wildman–Crippen MR) is 56.9 cm³/mol. The minimum absolute atomic E-state index is 0.129. The van der Waals surface area contributed by atoms with Crippen LogP contribution in [-0.2, 0) is 14.3 Å². The summed E-state index contributed by atoms with van der Waals surface area (Å²) in [6.07, 6.45) is -4.00. The first-order valence-corrected chi connectivity index (χ1v) is 5.41. The standard InChI is InChI=1S/C10H19NO6/c1-5(13)11-3-6-8(14)9(15)7(4-12)17-10(6)16-2/h6-10,12,14-15H,3-4H2,1-2H3,(H,11,13)/t6?,7?,8?,9-,10-/m1/s1. The van der Waals surface area contributed by atoms with E-state index in [-0.39, 0.29) is 12.5 Å². The van der Waals surface area contributed by atoms with Crippen molar-refractivity contribution in [3.63, 3.8) is 0 Å². The molecule has 7 nitrogen and oxygen atoms in total. The summed E-state index contributed by atoms with van der Waals surface area (Å²) in [4.78, 5) is 10.8. The molecule has 7 heteroatoms. The van der Waals surface area contributed by atoms with Gasteiger partial charge in [0.15, 0.2) is 6.29 Å². The maximum absolute atomic E-state index is 10.8. The summed E-state index contributed by atoms with van der Waals surface area (Å²) in [5.74, 6) is -0.826. The average Bonchev–Trinajstić information content (AvgIpc) is 2.30. The molecule has 0 bridgehead atoms. The third-order valence-corrected chi connectivity index (χ3v) is 2.83. The fraction of sp³-hybridized carbons (Fsp3) is 0.900. The highest BCUT2D eigenvalue weighted by atomic mass is 16.7. The topological polar surface area (TPSA) is 108 Å². The number of rotatable bonds is 4. The lowest BCUT2D eigenvalue weighted by Crippen LogP contribution is -2.58. The minimum Gasteiger partial charge on any atom is -0.394 e. The molecule has 0 aromatic heterocycles. The van der Waals surface area contributed by atoms with Crippen molar-refractivity contribution in [1.82, 2.24) is 5.32 Å². The van der Waals surface area contributed by atoms with E-state index in [9.17, 15) is 15.0 Å². The van der Waals surface area contributed by atoms with Crippen LogP contribution in [0.2, 0.25) is 0 Å². The van der Waals surface area contributed by atoms with Crippen LogP contribution in [-0.4, -0.2) is 66.1 Å². The Morgan fingerprint density at radius 1 is 1.41 bits per heavy atom. The number of aliphatic hydroxyl groups excluding tert-OH is 3. The van der Waals surface area contributed by atoms with Gasteiger partial charge in [0, 0.05) is 20.6 Å². The maximum Gasteiger partial charge on any atom is 0.216 e. The van der Waals surface area contributed by atoms with Gasteiger partial charge in [0.2, 0.25) is 5.91 Å². The number of hydrogen-bond acceptors (Lipinski definition) is 6. The Balaban J connectivity index is 2.68. The number of carbonyl (C=O) groups is 1. The smallest absolute Gasteiger partial charge is 0.216 e. The molecule has 0 aromatic rings. The van der Waals surface area contributed by atoms with E-state index < -0.39 is 37.1 Å². The number of methoxy groups -OCH3 is 1. The van der Waals surface area contributed by atoms with Crippen molar-refractivity contribution >= 4 is 5.91 Å². The number of aliphatic hydroxyl groups is 3. The van der Waals surface area contributed by atoms with Gasteiger partial charge in [-0.2, -0.15) is 0 Å². The molecule has 0 radical (unpaired) electrons. The largest absolute Gasteiger partial charge is 0.394 e. The first-order valence-electron chi connectivity index (χ1n) is 5.41. The summed E-state index contributed by atoms with van der Waals surface area (Å²) in [6, 6.07) is 0. The second kappa shape index (κ2) is 6.27. The summed E-state index contributed by atoms with van der Waals surface area (Å²) in [6.45, 7) is 1.07. The third-order valence-electron chi connectivity index (χ3n) is 2.83. The number of ether oxygens (including phenoxy) is 2. The van der Waals surface area contributed by atoms with Gasteiger partial charge in [0.05, 0.1) is 18.6 Å². The summed E-state index contributed by atoms with van der Waals surface area (Å²) in [5.41, 5.74) is 0. The van der Waals surface area contributed by atoms with Crippen molar-refractivity contribution in [2.24, 2.45) is 5.92 Å². The highest BCUT2D eigenvalue weighted by Crippen LogP contribution is 2.26. The second-order valence-electron chi connectivity index (χ2n) is 4.04. The van der Waals surface area contributed by atoms with E-state index in [0.717, 1.165) is 0 Å². The molecular formula is C10H19NO6. The fourth-order valence-electron chi connectivity index (χ4n) is 1.85. The Bertz CT molecular complexity index is 259. The highest BCUT2D eigenvalue weighted by molar-refractivity contribution is 5.72. The number of hydrogen-bond donors (Lipinski definition) is 4. The molecule has 17 heavy (non-hydrogen) atoms. The van der Waals surface area contributed by atoms with Crippen LogP contribution in [0.25, 0.3) is 0 Å². The number of amides is 1. The quantitative estimate of drug-likeness (QED) is 0.451. The minimum atomic E-state index is -1.20. The molecule has 1 saturated heterocycles.